The molecule has 0 bridgehead atoms. The quantitative estimate of drug-likeness (QED) is 0.429. The van der Waals surface area contributed by atoms with Crippen LogP contribution in [0.2, 0.25) is 0 Å². The number of hydrogen-bond acceptors (Lipinski definition) is 5. The van der Waals surface area contributed by atoms with Crippen LogP contribution in [0.1, 0.15) is 37.7 Å². The fourth-order valence-corrected chi connectivity index (χ4v) is 3.78. The Morgan fingerprint density at radius 3 is 2.56 bits per heavy atom. The molecular weight excluding hydrogens is 406 g/mol. The van der Waals surface area contributed by atoms with Crippen molar-refractivity contribution in [2.75, 3.05) is 26.9 Å². The molecule has 0 aliphatic heterocycles. The zero-order valence-corrected chi connectivity index (χ0v) is 19.0. The van der Waals surface area contributed by atoms with Crippen molar-refractivity contribution in [1.82, 2.24) is 14.5 Å². The lowest BCUT2D eigenvalue weighted by molar-refractivity contribution is -0.139. The zero-order valence-electron chi connectivity index (χ0n) is 19.0. The Bertz CT molecular complexity index is 1080. The van der Waals surface area contributed by atoms with Gasteiger partial charge in [0.2, 0.25) is 5.91 Å². The minimum absolute atomic E-state index is 0.0455. The maximum Gasteiger partial charge on any atom is 0.261 e. The lowest BCUT2D eigenvalue weighted by Gasteiger charge is -2.30. The molecule has 2 aromatic carbocycles. The Morgan fingerprint density at radius 2 is 1.84 bits per heavy atom. The van der Waals surface area contributed by atoms with E-state index in [1.165, 1.54) is 0 Å². The number of carbonyl (C=O) groups excluding carboxylic acids is 1. The standard InChI is InChI=1S/C25H31N3O4/c1-4-27-24(26-22-14-9-8-13-21(22)25(27)30)19(2)28(15-10-16-31-3)23(29)18-32-17-20-11-6-5-7-12-20/h5-9,11-14,19H,4,10,15-18H2,1-3H3. The first kappa shape index (κ1) is 23.6. The molecule has 0 saturated carbocycles. The molecule has 3 aromatic rings. The Labute approximate surface area is 188 Å². The number of rotatable bonds is 11. The summed E-state index contributed by atoms with van der Waals surface area (Å²) in [7, 11) is 1.64. The van der Waals surface area contributed by atoms with Crippen molar-refractivity contribution < 1.29 is 14.3 Å². The van der Waals surface area contributed by atoms with Crippen molar-refractivity contribution in [2.45, 2.75) is 39.5 Å². The van der Waals surface area contributed by atoms with E-state index in [-0.39, 0.29) is 18.1 Å². The molecule has 1 atom stereocenters. The summed E-state index contributed by atoms with van der Waals surface area (Å²) in [6, 6.07) is 16.7. The van der Waals surface area contributed by atoms with Crippen LogP contribution in [0, 0.1) is 0 Å². The zero-order chi connectivity index (χ0) is 22.9. The summed E-state index contributed by atoms with van der Waals surface area (Å²) in [5, 5.41) is 0.578. The maximum absolute atomic E-state index is 13.1. The van der Waals surface area contributed by atoms with E-state index in [1.54, 1.807) is 22.6 Å². The van der Waals surface area contributed by atoms with Gasteiger partial charge in [-0.15, -0.1) is 0 Å². The summed E-state index contributed by atoms with van der Waals surface area (Å²) >= 11 is 0. The molecule has 0 radical (unpaired) electrons. The van der Waals surface area contributed by atoms with Crippen molar-refractivity contribution in [3.8, 4) is 0 Å². The highest BCUT2D eigenvalue weighted by molar-refractivity contribution is 5.79. The highest BCUT2D eigenvalue weighted by Crippen LogP contribution is 2.21. The van der Waals surface area contributed by atoms with E-state index < -0.39 is 6.04 Å². The number of methoxy groups -OCH3 is 1. The lowest BCUT2D eigenvalue weighted by atomic mass is 10.2. The van der Waals surface area contributed by atoms with E-state index in [0.717, 1.165) is 5.56 Å². The van der Waals surface area contributed by atoms with Gasteiger partial charge in [0.05, 0.1) is 23.6 Å². The topological polar surface area (TPSA) is 73.7 Å². The van der Waals surface area contributed by atoms with Crippen molar-refractivity contribution >= 4 is 16.8 Å². The van der Waals surface area contributed by atoms with Gasteiger partial charge in [-0.2, -0.15) is 0 Å². The number of carbonyl (C=O) groups is 1. The molecule has 7 heteroatoms. The third-order valence-corrected chi connectivity index (χ3v) is 5.45. The van der Waals surface area contributed by atoms with Crippen LogP contribution in [0.3, 0.4) is 0 Å². The summed E-state index contributed by atoms with van der Waals surface area (Å²) in [6.45, 7) is 5.62. The molecule has 0 saturated heterocycles. The van der Waals surface area contributed by atoms with Crippen molar-refractivity contribution in [2.24, 2.45) is 0 Å². The minimum atomic E-state index is -0.392. The lowest BCUT2D eigenvalue weighted by Crippen LogP contribution is -2.40. The number of ether oxygens (including phenoxy) is 2. The van der Waals surface area contributed by atoms with Gasteiger partial charge in [0.15, 0.2) is 0 Å². The number of hydrogen-bond donors (Lipinski definition) is 0. The predicted octanol–water partition coefficient (Wildman–Crippen LogP) is 3.56. The third-order valence-electron chi connectivity index (χ3n) is 5.45. The molecule has 3 rings (SSSR count). The summed E-state index contributed by atoms with van der Waals surface area (Å²) in [5.74, 6) is 0.430. The molecule has 1 heterocycles. The molecule has 1 aromatic heterocycles. The van der Waals surface area contributed by atoms with Crippen molar-refractivity contribution in [3.05, 3.63) is 76.3 Å². The van der Waals surface area contributed by atoms with Gasteiger partial charge in [-0.05, 0) is 38.0 Å². The smallest absolute Gasteiger partial charge is 0.261 e. The van der Waals surface area contributed by atoms with Crippen LogP contribution >= 0.6 is 0 Å². The van der Waals surface area contributed by atoms with Crippen LogP contribution in [-0.2, 0) is 27.4 Å². The van der Waals surface area contributed by atoms with Crippen LogP contribution in [-0.4, -0.2) is 47.2 Å². The Hall–Kier alpha value is -3.03. The van der Waals surface area contributed by atoms with Crippen molar-refractivity contribution in [3.63, 3.8) is 0 Å². The molecular formula is C25H31N3O4. The van der Waals surface area contributed by atoms with E-state index in [4.69, 9.17) is 14.5 Å². The maximum atomic E-state index is 13.1. The average molecular weight is 438 g/mol. The second-order valence-corrected chi connectivity index (χ2v) is 7.62. The first-order valence-corrected chi connectivity index (χ1v) is 11.0. The average Bonchev–Trinajstić information content (AvgIpc) is 2.82. The molecule has 0 aliphatic rings. The fraction of sp³-hybridized carbons (Fsp3) is 0.400. The normalized spacial score (nSPS) is 12.1. The molecule has 32 heavy (non-hydrogen) atoms. The molecule has 0 spiro atoms. The van der Waals surface area contributed by atoms with Crippen LogP contribution < -0.4 is 5.56 Å². The minimum Gasteiger partial charge on any atom is -0.385 e. The van der Waals surface area contributed by atoms with Gasteiger partial charge in [0.25, 0.3) is 5.56 Å². The molecule has 1 unspecified atom stereocenters. The van der Waals surface area contributed by atoms with Gasteiger partial charge in [0, 0.05) is 26.8 Å². The fourth-order valence-electron chi connectivity index (χ4n) is 3.78. The molecule has 170 valence electrons. The SMILES string of the molecule is CCn1c(C(C)N(CCCOC)C(=O)COCc2ccccc2)nc2ccccc2c1=O. The van der Waals surface area contributed by atoms with E-state index >= 15 is 0 Å². The van der Waals surface area contributed by atoms with Gasteiger partial charge in [0.1, 0.15) is 12.4 Å². The summed E-state index contributed by atoms with van der Waals surface area (Å²) < 4.78 is 12.5. The second-order valence-electron chi connectivity index (χ2n) is 7.62. The predicted molar refractivity (Wildman–Crippen MR) is 124 cm³/mol. The van der Waals surface area contributed by atoms with E-state index in [9.17, 15) is 9.59 Å². The number of fused-ring (bicyclic) bond motifs is 1. The highest BCUT2D eigenvalue weighted by atomic mass is 16.5. The van der Waals surface area contributed by atoms with Gasteiger partial charge in [-0.25, -0.2) is 4.98 Å². The van der Waals surface area contributed by atoms with Crippen LogP contribution in [0.25, 0.3) is 10.9 Å². The number of aromatic nitrogens is 2. The van der Waals surface area contributed by atoms with E-state index in [1.807, 2.05) is 62.4 Å². The van der Waals surface area contributed by atoms with Crippen LogP contribution in [0.4, 0.5) is 0 Å². The summed E-state index contributed by atoms with van der Waals surface area (Å²) in [6.07, 6.45) is 0.676. The highest BCUT2D eigenvalue weighted by Gasteiger charge is 2.25. The molecule has 1 amide bonds. The van der Waals surface area contributed by atoms with Gasteiger partial charge < -0.3 is 14.4 Å². The molecule has 0 N–H and O–H groups in total. The molecule has 0 fully saturated rings. The second kappa shape index (κ2) is 11.5. The summed E-state index contributed by atoms with van der Waals surface area (Å²) in [4.78, 5) is 32.7. The van der Waals surface area contributed by atoms with Gasteiger partial charge in [-0.3, -0.25) is 14.2 Å². The first-order chi connectivity index (χ1) is 15.6. The largest absolute Gasteiger partial charge is 0.385 e. The molecule has 0 aliphatic carbocycles. The first-order valence-electron chi connectivity index (χ1n) is 11.0. The molecule has 7 nitrogen and oxygen atoms in total. The number of para-hydroxylation sites is 1. The Morgan fingerprint density at radius 1 is 1.12 bits per heavy atom. The monoisotopic (exact) mass is 437 g/mol. The van der Waals surface area contributed by atoms with Gasteiger partial charge >= 0.3 is 0 Å². The van der Waals surface area contributed by atoms with E-state index in [0.29, 0.717) is 49.5 Å². The summed E-state index contributed by atoms with van der Waals surface area (Å²) in [5.41, 5.74) is 1.55. The van der Waals surface area contributed by atoms with Gasteiger partial charge in [-0.1, -0.05) is 42.5 Å². The number of benzene rings is 2. The number of nitrogens with zero attached hydrogens (tertiary/aromatic N) is 3. The Balaban J connectivity index is 1.84. The van der Waals surface area contributed by atoms with Crippen LogP contribution in [0.15, 0.2) is 59.4 Å². The van der Waals surface area contributed by atoms with Crippen molar-refractivity contribution in [1.29, 1.82) is 0 Å². The third kappa shape index (κ3) is 5.60. The number of amides is 1. The van der Waals surface area contributed by atoms with Crippen LogP contribution in [0.5, 0.6) is 0 Å². The Kier molecular flexibility index (Phi) is 8.53. The van der Waals surface area contributed by atoms with E-state index in [2.05, 4.69) is 0 Å².